The summed E-state index contributed by atoms with van der Waals surface area (Å²) in [5, 5.41) is 0. The maximum absolute atomic E-state index is 3.35. The highest BCUT2D eigenvalue weighted by molar-refractivity contribution is 5.28. The molecule has 0 nitrogen and oxygen atoms in total. The fraction of sp³-hybridized carbons (Fsp3) is 0.455. The van der Waals surface area contributed by atoms with Gasteiger partial charge in [-0.2, -0.15) is 0 Å². The summed E-state index contributed by atoms with van der Waals surface area (Å²) < 4.78 is 0. The van der Waals surface area contributed by atoms with Gasteiger partial charge in [-0.15, -0.1) is 0 Å². The summed E-state index contributed by atoms with van der Waals surface area (Å²) in [6, 6.07) is 8.63. The molecule has 0 spiro atoms. The minimum atomic E-state index is 1.07. The van der Waals surface area contributed by atoms with Crippen LogP contribution in [0.1, 0.15) is 30.5 Å². The van der Waals surface area contributed by atoms with E-state index in [0.717, 1.165) is 12.8 Å². The van der Waals surface area contributed by atoms with E-state index in [0.29, 0.717) is 0 Å². The Kier molecular flexibility index (Phi) is 2.70. The standard InChI is InChI=1S/C11H14/c1-4-10-7-6-9(3)8-11(10)5-2/h6H,4-5H2,1-3H3. The minimum absolute atomic E-state index is 1.07. The van der Waals surface area contributed by atoms with E-state index in [2.05, 4.69) is 32.9 Å². The summed E-state index contributed by atoms with van der Waals surface area (Å²) in [6.07, 6.45) is 2.14. The van der Waals surface area contributed by atoms with Crippen LogP contribution in [0.3, 0.4) is 0 Å². The molecule has 0 heterocycles. The zero-order chi connectivity index (χ0) is 8.27. The monoisotopic (exact) mass is 146 g/mol. The Hall–Kier alpha value is -0.780. The van der Waals surface area contributed by atoms with Crippen LogP contribution in [0.25, 0.3) is 0 Å². The highest BCUT2D eigenvalue weighted by Crippen LogP contribution is 2.11. The van der Waals surface area contributed by atoms with E-state index < -0.39 is 0 Å². The van der Waals surface area contributed by atoms with Gasteiger partial charge in [0.15, 0.2) is 0 Å². The van der Waals surface area contributed by atoms with Gasteiger partial charge >= 0.3 is 0 Å². The summed E-state index contributed by atoms with van der Waals surface area (Å²) >= 11 is 0. The Balaban J connectivity index is 3.06. The maximum Gasteiger partial charge on any atom is -0.0114 e. The molecule has 0 amide bonds. The lowest BCUT2D eigenvalue weighted by Gasteiger charge is -2.04. The van der Waals surface area contributed by atoms with Crippen LogP contribution in [0.4, 0.5) is 0 Å². The highest BCUT2D eigenvalue weighted by Gasteiger charge is 1.98. The third-order valence-corrected chi connectivity index (χ3v) is 1.88. The Labute approximate surface area is 69.3 Å². The van der Waals surface area contributed by atoms with Crippen molar-refractivity contribution in [1.29, 1.82) is 0 Å². The van der Waals surface area contributed by atoms with Gasteiger partial charge < -0.3 is 0 Å². The number of aryl methyl sites for hydroxylation is 3. The normalized spacial score (nSPS) is 10.1. The number of hydrogen-bond acceptors (Lipinski definition) is 0. The average molecular weight is 146 g/mol. The second-order valence-corrected chi connectivity index (χ2v) is 2.76. The molecule has 0 heteroatoms. The topological polar surface area (TPSA) is 0 Å². The van der Waals surface area contributed by atoms with Gasteiger partial charge in [-0.05, 0) is 48.6 Å². The van der Waals surface area contributed by atoms with Crippen LogP contribution < -0.4 is 0 Å². The average Bonchev–Trinajstić information content (AvgIpc) is 2.04. The van der Waals surface area contributed by atoms with Crippen molar-refractivity contribution >= 4 is 0 Å². The molecule has 0 bridgehead atoms. The molecule has 0 aliphatic rings. The predicted octanol–water partition coefficient (Wildman–Crippen LogP) is 2.72. The van der Waals surface area contributed by atoms with Crippen LogP contribution in [0.5, 0.6) is 0 Å². The van der Waals surface area contributed by atoms with Crippen LogP contribution in [0.2, 0.25) is 0 Å². The Morgan fingerprint density at radius 2 is 1.82 bits per heavy atom. The van der Waals surface area contributed by atoms with Crippen molar-refractivity contribution in [2.24, 2.45) is 0 Å². The largest absolute Gasteiger partial charge is 0.0613 e. The number of benzene rings is 1. The van der Waals surface area contributed by atoms with Crippen molar-refractivity contribution in [2.75, 3.05) is 0 Å². The van der Waals surface area contributed by atoms with E-state index in [1.54, 1.807) is 0 Å². The van der Waals surface area contributed by atoms with Gasteiger partial charge in [-0.25, -0.2) is 0 Å². The summed E-state index contributed by atoms with van der Waals surface area (Å²) in [7, 11) is 0. The lowest BCUT2D eigenvalue weighted by molar-refractivity contribution is 1.02. The van der Waals surface area contributed by atoms with Gasteiger partial charge in [0.25, 0.3) is 0 Å². The van der Waals surface area contributed by atoms with E-state index in [4.69, 9.17) is 0 Å². The zero-order valence-corrected chi connectivity index (χ0v) is 7.49. The first-order valence-corrected chi connectivity index (χ1v) is 4.20. The quantitative estimate of drug-likeness (QED) is 0.601. The molecule has 0 unspecified atom stereocenters. The van der Waals surface area contributed by atoms with Crippen LogP contribution in [-0.4, -0.2) is 0 Å². The van der Waals surface area contributed by atoms with Crippen LogP contribution in [0, 0.1) is 19.1 Å². The second-order valence-electron chi connectivity index (χ2n) is 2.76. The van der Waals surface area contributed by atoms with Crippen LogP contribution in [-0.2, 0) is 12.8 Å². The second kappa shape index (κ2) is 3.56. The predicted molar refractivity (Wildman–Crippen MR) is 47.6 cm³/mol. The fourth-order valence-electron chi connectivity index (χ4n) is 1.25. The Morgan fingerprint density at radius 3 is 2.36 bits per heavy atom. The van der Waals surface area contributed by atoms with E-state index in [1.165, 1.54) is 16.7 Å². The maximum atomic E-state index is 3.35. The van der Waals surface area contributed by atoms with Crippen molar-refractivity contribution < 1.29 is 0 Å². The lowest BCUT2D eigenvalue weighted by Crippen LogP contribution is -1.91. The molecule has 0 fully saturated rings. The van der Waals surface area contributed by atoms with E-state index in [9.17, 15) is 0 Å². The Bertz CT molecular complexity index is 236. The number of rotatable bonds is 2. The minimum Gasteiger partial charge on any atom is -0.0613 e. The van der Waals surface area contributed by atoms with Gasteiger partial charge in [0.2, 0.25) is 0 Å². The van der Waals surface area contributed by atoms with Gasteiger partial charge in [0.05, 0.1) is 0 Å². The number of hydrogen-bond donors (Lipinski definition) is 0. The van der Waals surface area contributed by atoms with Gasteiger partial charge in [-0.3, -0.25) is 0 Å². The zero-order valence-electron chi connectivity index (χ0n) is 7.49. The van der Waals surface area contributed by atoms with Crippen molar-refractivity contribution in [1.82, 2.24) is 0 Å². The molecule has 1 aromatic rings. The van der Waals surface area contributed by atoms with Crippen LogP contribution in [0.15, 0.2) is 6.07 Å². The molecular weight excluding hydrogens is 132 g/mol. The molecule has 1 rings (SSSR count). The van der Waals surface area contributed by atoms with Gasteiger partial charge in [0, 0.05) is 0 Å². The van der Waals surface area contributed by atoms with Crippen molar-refractivity contribution in [3.05, 3.63) is 34.9 Å². The summed E-state index contributed by atoms with van der Waals surface area (Å²) in [4.78, 5) is 0. The van der Waals surface area contributed by atoms with Crippen molar-refractivity contribution in [3.8, 4) is 0 Å². The first-order valence-electron chi connectivity index (χ1n) is 4.20. The molecule has 0 N–H and O–H groups in total. The van der Waals surface area contributed by atoms with Crippen molar-refractivity contribution in [3.63, 3.8) is 0 Å². The fourth-order valence-corrected chi connectivity index (χ4v) is 1.25. The Morgan fingerprint density at radius 1 is 1.18 bits per heavy atom. The molecule has 11 heavy (non-hydrogen) atoms. The highest BCUT2D eigenvalue weighted by atomic mass is 14.0. The molecule has 0 saturated carbocycles. The van der Waals surface area contributed by atoms with E-state index in [1.807, 2.05) is 6.07 Å². The van der Waals surface area contributed by atoms with Crippen molar-refractivity contribution in [2.45, 2.75) is 33.6 Å². The molecule has 0 aliphatic heterocycles. The first kappa shape index (κ1) is 8.32. The molecule has 58 valence electrons. The summed E-state index contributed by atoms with van der Waals surface area (Å²) in [5.74, 6) is 0. The summed E-state index contributed by atoms with van der Waals surface area (Å²) in [5.41, 5.74) is 3.84. The summed E-state index contributed by atoms with van der Waals surface area (Å²) in [6.45, 7) is 6.39. The molecular formula is C11H14. The third kappa shape index (κ3) is 1.83. The van der Waals surface area contributed by atoms with E-state index in [-0.39, 0.29) is 0 Å². The third-order valence-electron chi connectivity index (χ3n) is 1.88. The smallest absolute Gasteiger partial charge is 0.0114 e. The van der Waals surface area contributed by atoms with Gasteiger partial charge in [0.1, 0.15) is 0 Å². The van der Waals surface area contributed by atoms with Gasteiger partial charge in [-0.1, -0.05) is 19.9 Å². The molecule has 0 atom stereocenters. The molecule has 1 aromatic carbocycles. The SMILES string of the molecule is CCc1[c]cc(C)[c]c1CC. The van der Waals surface area contributed by atoms with Crippen LogP contribution >= 0.6 is 0 Å². The molecule has 0 saturated heterocycles. The lowest BCUT2D eigenvalue weighted by atomic mass is 10.0. The van der Waals surface area contributed by atoms with E-state index >= 15 is 0 Å². The molecule has 2 radical (unpaired) electrons. The molecule has 0 aliphatic carbocycles. The first-order chi connectivity index (χ1) is 5.27. The molecule has 0 aromatic heterocycles.